The van der Waals surface area contributed by atoms with Gasteiger partial charge in [0.25, 0.3) is 0 Å². The van der Waals surface area contributed by atoms with Crippen LogP contribution in [0.5, 0.6) is 5.75 Å². The molecule has 120 valence electrons. The largest absolute Gasteiger partial charge is 0.494 e. The molecule has 1 saturated carbocycles. The van der Waals surface area contributed by atoms with E-state index in [-0.39, 0.29) is 11.7 Å². The lowest BCUT2D eigenvalue weighted by atomic mass is 9.64. The summed E-state index contributed by atoms with van der Waals surface area (Å²) in [6, 6.07) is 11.7. The molecule has 0 unspecified atom stereocenters. The molecule has 3 nitrogen and oxygen atoms in total. The molecule has 1 aliphatic rings. The molecular formula is C18H17ClFNO2. The highest BCUT2D eigenvalue weighted by molar-refractivity contribution is 6.30. The summed E-state index contributed by atoms with van der Waals surface area (Å²) in [5, 5.41) is 3.46. The molecule has 0 spiro atoms. The third-order valence-corrected chi connectivity index (χ3v) is 4.70. The normalized spacial score (nSPS) is 15.6. The van der Waals surface area contributed by atoms with E-state index < -0.39 is 11.2 Å². The molecule has 5 heteroatoms. The Bertz CT molecular complexity index is 726. The van der Waals surface area contributed by atoms with Crippen LogP contribution >= 0.6 is 11.6 Å². The van der Waals surface area contributed by atoms with Crippen molar-refractivity contribution in [1.29, 1.82) is 0 Å². The molecule has 2 aromatic carbocycles. The second-order valence-corrected chi connectivity index (χ2v) is 6.18. The van der Waals surface area contributed by atoms with Crippen LogP contribution in [0.2, 0.25) is 5.02 Å². The Morgan fingerprint density at radius 1 is 1.22 bits per heavy atom. The maximum atomic E-state index is 13.8. The third kappa shape index (κ3) is 2.91. The predicted octanol–water partition coefficient (Wildman–Crippen LogP) is 4.55. The molecule has 1 amide bonds. The minimum Gasteiger partial charge on any atom is -0.494 e. The van der Waals surface area contributed by atoms with Gasteiger partial charge in [-0.2, -0.15) is 0 Å². The number of hydrogen-bond donors (Lipinski definition) is 1. The standard InChI is InChI=1S/C18H17ClFNO2/c1-23-16-8-7-14(11-15(16)20)21-17(22)18(9-2-10-18)12-3-5-13(19)6-4-12/h3-8,11H,2,9-10H2,1H3,(H,21,22). The highest BCUT2D eigenvalue weighted by Gasteiger charge is 2.45. The Balaban J connectivity index is 1.83. The zero-order valence-corrected chi connectivity index (χ0v) is 13.5. The van der Waals surface area contributed by atoms with Crippen LogP contribution in [0.1, 0.15) is 24.8 Å². The Morgan fingerprint density at radius 2 is 1.91 bits per heavy atom. The van der Waals surface area contributed by atoms with Crippen LogP contribution in [-0.2, 0) is 10.2 Å². The summed E-state index contributed by atoms with van der Waals surface area (Å²) in [5.41, 5.74) is 0.814. The molecular weight excluding hydrogens is 317 g/mol. The quantitative estimate of drug-likeness (QED) is 0.891. The molecule has 2 aromatic rings. The number of carbonyl (C=O) groups is 1. The first-order valence-corrected chi connectivity index (χ1v) is 7.84. The highest BCUT2D eigenvalue weighted by atomic mass is 35.5. The number of rotatable bonds is 4. The van der Waals surface area contributed by atoms with Crippen molar-refractivity contribution >= 4 is 23.2 Å². The van der Waals surface area contributed by atoms with Gasteiger partial charge in [0.1, 0.15) is 0 Å². The number of benzene rings is 2. The minimum absolute atomic E-state index is 0.115. The second-order valence-electron chi connectivity index (χ2n) is 5.75. The van der Waals surface area contributed by atoms with Gasteiger partial charge in [-0.15, -0.1) is 0 Å². The van der Waals surface area contributed by atoms with Gasteiger partial charge in [-0.1, -0.05) is 30.2 Å². The molecule has 1 fully saturated rings. The minimum atomic E-state index is -0.555. The van der Waals surface area contributed by atoms with E-state index in [2.05, 4.69) is 5.32 Å². The van der Waals surface area contributed by atoms with Crippen molar-refractivity contribution in [1.82, 2.24) is 0 Å². The number of halogens is 2. The second kappa shape index (κ2) is 6.20. The fourth-order valence-corrected chi connectivity index (χ4v) is 3.07. The number of anilines is 1. The molecule has 0 saturated heterocycles. The van der Waals surface area contributed by atoms with Gasteiger partial charge < -0.3 is 10.1 Å². The first-order valence-electron chi connectivity index (χ1n) is 7.46. The van der Waals surface area contributed by atoms with E-state index in [1.807, 2.05) is 12.1 Å². The maximum absolute atomic E-state index is 13.8. The van der Waals surface area contributed by atoms with E-state index in [0.29, 0.717) is 10.7 Å². The molecule has 0 bridgehead atoms. The molecule has 0 aliphatic heterocycles. The van der Waals surface area contributed by atoms with Gasteiger partial charge >= 0.3 is 0 Å². The van der Waals surface area contributed by atoms with Crippen molar-refractivity contribution in [2.24, 2.45) is 0 Å². The summed E-state index contributed by atoms with van der Waals surface area (Å²) in [7, 11) is 1.40. The van der Waals surface area contributed by atoms with E-state index >= 15 is 0 Å². The van der Waals surface area contributed by atoms with Crippen molar-refractivity contribution in [3.63, 3.8) is 0 Å². The SMILES string of the molecule is COc1ccc(NC(=O)C2(c3ccc(Cl)cc3)CCC2)cc1F. The van der Waals surface area contributed by atoms with Crippen LogP contribution in [0.25, 0.3) is 0 Å². The van der Waals surface area contributed by atoms with E-state index in [0.717, 1.165) is 24.8 Å². The van der Waals surface area contributed by atoms with Crippen LogP contribution in [0.3, 0.4) is 0 Å². The third-order valence-electron chi connectivity index (χ3n) is 4.45. The number of carbonyl (C=O) groups excluding carboxylic acids is 1. The van der Waals surface area contributed by atoms with Crippen molar-refractivity contribution < 1.29 is 13.9 Å². The van der Waals surface area contributed by atoms with E-state index in [1.165, 1.54) is 19.2 Å². The Hall–Kier alpha value is -2.07. The van der Waals surface area contributed by atoms with Gasteiger partial charge in [0.2, 0.25) is 5.91 Å². The zero-order chi connectivity index (χ0) is 16.4. The van der Waals surface area contributed by atoms with Crippen molar-refractivity contribution in [3.8, 4) is 5.75 Å². The first kappa shape index (κ1) is 15.8. The van der Waals surface area contributed by atoms with E-state index in [4.69, 9.17) is 16.3 Å². The van der Waals surface area contributed by atoms with Gasteiger partial charge in [0.05, 0.1) is 12.5 Å². The van der Waals surface area contributed by atoms with Gasteiger partial charge in [-0.3, -0.25) is 4.79 Å². The molecule has 1 N–H and O–H groups in total. The first-order chi connectivity index (χ1) is 11.0. The molecule has 0 radical (unpaired) electrons. The Kier molecular flexibility index (Phi) is 4.26. The lowest BCUT2D eigenvalue weighted by molar-refractivity contribution is -0.124. The molecule has 0 aromatic heterocycles. The summed E-state index contributed by atoms with van der Waals surface area (Å²) in [6.07, 6.45) is 2.55. The topological polar surface area (TPSA) is 38.3 Å². The highest BCUT2D eigenvalue weighted by Crippen LogP contribution is 2.45. The predicted molar refractivity (Wildman–Crippen MR) is 88.6 cm³/mol. The van der Waals surface area contributed by atoms with Crippen LogP contribution in [-0.4, -0.2) is 13.0 Å². The summed E-state index contributed by atoms with van der Waals surface area (Å²) in [6.45, 7) is 0. The summed E-state index contributed by atoms with van der Waals surface area (Å²) < 4.78 is 18.7. The zero-order valence-electron chi connectivity index (χ0n) is 12.7. The molecule has 23 heavy (non-hydrogen) atoms. The maximum Gasteiger partial charge on any atom is 0.235 e. The number of hydrogen-bond acceptors (Lipinski definition) is 2. The number of ether oxygens (including phenoxy) is 1. The summed E-state index contributed by atoms with van der Waals surface area (Å²) in [5.74, 6) is -0.464. The Labute approximate surface area is 139 Å². The lowest BCUT2D eigenvalue weighted by Crippen LogP contribution is -2.46. The van der Waals surface area contributed by atoms with Crippen LogP contribution in [0.4, 0.5) is 10.1 Å². The number of nitrogens with one attached hydrogen (secondary N) is 1. The van der Waals surface area contributed by atoms with Crippen molar-refractivity contribution in [2.75, 3.05) is 12.4 Å². The number of methoxy groups -OCH3 is 1. The molecule has 0 atom stereocenters. The molecule has 1 aliphatic carbocycles. The van der Waals surface area contributed by atoms with E-state index in [1.54, 1.807) is 18.2 Å². The monoisotopic (exact) mass is 333 g/mol. The summed E-state index contributed by atoms with van der Waals surface area (Å²) in [4.78, 5) is 12.8. The fraction of sp³-hybridized carbons (Fsp3) is 0.278. The van der Waals surface area contributed by atoms with Crippen LogP contribution in [0, 0.1) is 5.82 Å². The summed E-state index contributed by atoms with van der Waals surface area (Å²) >= 11 is 5.92. The lowest BCUT2D eigenvalue weighted by Gasteiger charge is -2.40. The smallest absolute Gasteiger partial charge is 0.235 e. The van der Waals surface area contributed by atoms with E-state index in [9.17, 15) is 9.18 Å². The van der Waals surface area contributed by atoms with Crippen molar-refractivity contribution in [3.05, 3.63) is 58.9 Å². The Morgan fingerprint density at radius 3 is 2.43 bits per heavy atom. The van der Waals surface area contributed by atoms with Crippen molar-refractivity contribution in [2.45, 2.75) is 24.7 Å². The molecule has 0 heterocycles. The molecule has 3 rings (SSSR count). The fourth-order valence-electron chi connectivity index (χ4n) is 2.94. The van der Waals surface area contributed by atoms with Gasteiger partial charge in [0, 0.05) is 16.8 Å². The van der Waals surface area contributed by atoms with Gasteiger partial charge in [-0.25, -0.2) is 4.39 Å². The number of amides is 1. The van der Waals surface area contributed by atoms with Crippen LogP contribution < -0.4 is 10.1 Å². The van der Waals surface area contributed by atoms with Crippen LogP contribution in [0.15, 0.2) is 42.5 Å². The average molecular weight is 334 g/mol. The van der Waals surface area contributed by atoms with Gasteiger partial charge in [0.15, 0.2) is 11.6 Å². The van der Waals surface area contributed by atoms with Gasteiger partial charge in [-0.05, 0) is 42.7 Å². The average Bonchev–Trinajstić information content (AvgIpc) is 2.48.